The van der Waals surface area contributed by atoms with Crippen molar-refractivity contribution < 1.29 is 4.79 Å². The van der Waals surface area contributed by atoms with E-state index in [2.05, 4.69) is 20.0 Å². The molecule has 1 aliphatic rings. The fourth-order valence-electron chi connectivity index (χ4n) is 2.83. The van der Waals surface area contributed by atoms with Gasteiger partial charge < -0.3 is 9.47 Å². The summed E-state index contributed by atoms with van der Waals surface area (Å²) in [7, 11) is 0. The summed E-state index contributed by atoms with van der Waals surface area (Å²) in [5.74, 6) is 1.18. The van der Waals surface area contributed by atoms with Crippen molar-refractivity contribution in [1.29, 1.82) is 0 Å². The first kappa shape index (κ1) is 15.7. The van der Waals surface area contributed by atoms with Crippen LogP contribution in [0, 0.1) is 6.92 Å². The van der Waals surface area contributed by atoms with Crippen molar-refractivity contribution in [3.05, 3.63) is 30.9 Å². The highest BCUT2D eigenvalue weighted by molar-refractivity contribution is 5.76. The van der Waals surface area contributed by atoms with Crippen molar-refractivity contribution in [3.8, 4) is 0 Å². The summed E-state index contributed by atoms with van der Waals surface area (Å²) in [4.78, 5) is 24.8. The highest BCUT2D eigenvalue weighted by Crippen LogP contribution is 2.06. The fraction of sp³-hybridized carbons (Fsp3) is 0.600. The molecule has 0 unspecified atom stereocenters. The zero-order valence-electron chi connectivity index (χ0n) is 13.5. The van der Waals surface area contributed by atoms with E-state index in [0.717, 1.165) is 45.1 Å². The number of rotatable bonds is 6. The maximum Gasteiger partial charge on any atom is 0.224 e. The van der Waals surface area contributed by atoms with Gasteiger partial charge in [0.2, 0.25) is 5.91 Å². The Kier molecular flexibility index (Phi) is 5.02. The lowest BCUT2D eigenvalue weighted by Crippen LogP contribution is -2.49. The van der Waals surface area contributed by atoms with Gasteiger partial charge in [0.15, 0.2) is 0 Å². The number of hydrogen-bond donors (Lipinski definition) is 0. The first-order chi connectivity index (χ1) is 11.2. The molecule has 1 aliphatic heterocycles. The second kappa shape index (κ2) is 7.36. The Hall–Kier alpha value is -2.22. The third-order valence-corrected chi connectivity index (χ3v) is 4.33. The van der Waals surface area contributed by atoms with E-state index in [1.807, 2.05) is 27.3 Å². The average molecular weight is 317 g/mol. The van der Waals surface area contributed by atoms with Crippen LogP contribution in [0.4, 0.5) is 0 Å². The molecule has 3 rings (SSSR count). The molecular weight excluding hydrogens is 294 g/mol. The molecule has 2 aromatic heterocycles. The normalized spacial score (nSPS) is 16.0. The fourth-order valence-corrected chi connectivity index (χ4v) is 2.83. The molecule has 124 valence electrons. The van der Waals surface area contributed by atoms with Crippen LogP contribution in [-0.2, 0) is 17.9 Å². The SMILES string of the molecule is Cc1nccn1CCC(=O)N1CCN(CCn2cncn2)CC1. The molecule has 3 heterocycles. The van der Waals surface area contributed by atoms with Crippen LogP contribution in [0.15, 0.2) is 25.0 Å². The zero-order chi connectivity index (χ0) is 16.1. The number of carbonyl (C=O) groups excluding carboxylic acids is 1. The van der Waals surface area contributed by atoms with Crippen molar-refractivity contribution in [2.75, 3.05) is 32.7 Å². The molecule has 0 aromatic carbocycles. The quantitative estimate of drug-likeness (QED) is 0.751. The van der Waals surface area contributed by atoms with E-state index in [9.17, 15) is 4.79 Å². The Labute approximate surface area is 135 Å². The highest BCUT2D eigenvalue weighted by atomic mass is 16.2. The van der Waals surface area contributed by atoms with E-state index in [1.165, 1.54) is 0 Å². The van der Waals surface area contributed by atoms with Crippen LogP contribution in [0.5, 0.6) is 0 Å². The minimum atomic E-state index is 0.231. The lowest BCUT2D eigenvalue weighted by Gasteiger charge is -2.34. The molecule has 2 aromatic rings. The van der Waals surface area contributed by atoms with Gasteiger partial charge >= 0.3 is 0 Å². The summed E-state index contributed by atoms with van der Waals surface area (Å²) in [6.45, 7) is 7.90. The van der Waals surface area contributed by atoms with Gasteiger partial charge in [-0.2, -0.15) is 5.10 Å². The van der Waals surface area contributed by atoms with E-state index in [1.54, 1.807) is 18.9 Å². The topological polar surface area (TPSA) is 72.1 Å². The molecule has 0 bridgehead atoms. The van der Waals surface area contributed by atoms with E-state index in [0.29, 0.717) is 13.0 Å². The maximum atomic E-state index is 12.3. The van der Waals surface area contributed by atoms with Gasteiger partial charge in [-0.3, -0.25) is 14.4 Å². The summed E-state index contributed by atoms with van der Waals surface area (Å²) >= 11 is 0. The van der Waals surface area contributed by atoms with Gasteiger partial charge in [-0.1, -0.05) is 0 Å². The predicted octanol–water partition coefficient (Wildman–Crippen LogP) is 0.0175. The number of imidazole rings is 1. The molecule has 0 saturated carbocycles. The van der Waals surface area contributed by atoms with Crippen LogP contribution in [0.3, 0.4) is 0 Å². The third kappa shape index (κ3) is 4.16. The molecule has 23 heavy (non-hydrogen) atoms. The average Bonchev–Trinajstić information content (AvgIpc) is 3.23. The van der Waals surface area contributed by atoms with Gasteiger partial charge in [0.05, 0.1) is 6.54 Å². The van der Waals surface area contributed by atoms with Crippen molar-refractivity contribution in [2.45, 2.75) is 26.4 Å². The molecule has 0 radical (unpaired) electrons. The number of carbonyl (C=O) groups is 1. The monoisotopic (exact) mass is 317 g/mol. The van der Waals surface area contributed by atoms with Crippen molar-refractivity contribution in [1.82, 2.24) is 34.1 Å². The highest BCUT2D eigenvalue weighted by Gasteiger charge is 2.20. The van der Waals surface area contributed by atoms with Crippen LogP contribution in [0.1, 0.15) is 12.2 Å². The summed E-state index contributed by atoms with van der Waals surface area (Å²) in [6.07, 6.45) is 7.52. The summed E-state index contributed by atoms with van der Waals surface area (Å²) in [6, 6.07) is 0. The van der Waals surface area contributed by atoms with Crippen molar-refractivity contribution in [3.63, 3.8) is 0 Å². The molecule has 0 atom stereocenters. The van der Waals surface area contributed by atoms with Crippen molar-refractivity contribution >= 4 is 5.91 Å². The second-order valence-corrected chi connectivity index (χ2v) is 5.80. The first-order valence-corrected chi connectivity index (χ1v) is 8.02. The number of nitrogens with zero attached hydrogens (tertiary/aromatic N) is 7. The lowest BCUT2D eigenvalue weighted by molar-refractivity contribution is -0.133. The van der Waals surface area contributed by atoms with Gasteiger partial charge in [-0.15, -0.1) is 0 Å². The molecule has 1 amide bonds. The summed E-state index contributed by atoms with van der Waals surface area (Å²) in [5, 5.41) is 4.11. The van der Waals surface area contributed by atoms with Crippen LogP contribution in [0.25, 0.3) is 0 Å². The largest absolute Gasteiger partial charge is 0.340 e. The van der Waals surface area contributed by atoms with Gasteiger partial charge in [0.25, 0.3) is 0 Å². The van der Waals surface area contributed by atoms with Crippen LogP contribution >= 0.6 is 0 Å². The molecule has 8 nitrogen and oxygen atoms in total. The Morgan fingerprint density at radius 1 is 1.17 bits per heavy atom. The van der Waals surface area contributed by atoms with Gasteiger partial charge in [0.1, 0.15) is 18.5 Å². The Bertz CT molecular complexity index is 614. The minimum absolute atomic E-state index is 0.231. The Morgan fingerprint density at radius 2 is 2.00 bits per heavy atom. The maximum absolute atomic E-state index is 12.3. The van der Waals surface area contributed by atoms with Crippen LogP contribution in [-0.4, -0.2) is 72.7 Å². The zero-order valence-corrected chi connectivity index (χ0v) is 13.5. The van der Waals surface area contributed by atoms with E-state index in [4.69, 9.17) is 0 Å². The summed E-state index contributed by atoms with van der Waals surface area (Å²) in [5.41, 5.74) is 0. The molecule has 8 heteroatoms. The Morgan fingerprint density at radius 3 is 2.65 bits per heavy atom. The number of piperazine rings is 1. The van der Waals surface area contributed by atoms with Gasteiger partial charge in [-0.05, 0) is 6.92 Å². The Balaban J connectivity index is 1.38. The first-order valence-electron chi connectivity index (χ1n) is 8.02. The van der Waals surface area contributed by atoms with Crippen LogP contribution in [0.2, 0.25) is 0 Å². The number of amides is 1. The van der Waals surface area contributed by atoms with E-state index >= 15 is 0 Å². The second-order valence-electron chi connectivity index (χ2n) is 5.80. The van der Waals surface area contributed by atoms with Gasteiger partial charge in [0, 0.05) is 58.1 Å². The van der Waals surface area contributed by atoms with E-state index < -0.39 is 0 Å². The predicted molar refractivity (Wildman–Crippen MR) is 84.6 cm³/mol. The smallest absolute Gasteiger partial charge is 0.224 e. The molecule has 0 spiro atoms. The minimum Gasteiger partial charge on any atom is -0.340 e. The van der Waals surface area contributed by atoms with Crippen molar-refractivity contribution in [2.24, 2.45) is 0 Å². The lowest BCUT2D eigenvalue weighted by atomic mass is 10.2. The number of aryl methyl sites for hydroxylation is 2. The van der Waals surface area contributed by atoms with Gasteiger partial charge in [-0.25, -0.2) is 9.97 Å². The molecular formula is C15H23N7O. The molecule has 0 aliphatic carbocycles. The third-order valence-electron chi connectivity index (χ3n) is 4.33. The number of aromatic nitrogens is 5. The standard InChI is InChI=1S/C15H23N7O/c1-14-17-3-5-20(14)4-2-15(23)21-9-6-19(7-10-21)8-11-22-13-16-12-18-22/h3,5,12-13H,2,4,6-11H2,1H3. The van der Waals surface area contributed by atoms with Crippen LogP contribution < -0.4 is 0 Å². The number of hydrogen-bond acceptors (Lipinski definition) is 5. The van der Waals surface area contributed by atoms with E-state index in [-0.39, 0.29) is 5.91 Å². The molecule has 1 saturated heterocycles. The molecule has 0 N–H and O–H groups in total. The molecule has 1 fully saturated rings. The summed E-state index contributed by atoms with van der Waals surface area (Å²) < 4.78 is 3.86.